The van der Waals surface area contributed by atoms with Crippen LogP contribution in [0.15, 0.2) is 54.6 Å². The van der Waals surface area contributed by atoms with Crippen molar-refractivity contribution in [1.29, 1.82) is 0 Å². The van der Waals surface area contributed by atoms with Crippen LogP contribution in [-0.4, -0.2) is 42.5 Å². The summed E-state index contributed by atoms with van der Waals surface area (Å²) in [6.07, 6.45) is 0.322. The van der Waals surface area contributed by atoms with E-state index in [2.05, 4.69) is 29.6 Å². The zero-order chi connectivity index (χ0) is 19.2. The topological polar surface area (TPSA) is 58.6 Å². The van der Waals surface area contributed by atoms with Gasteiger partial charge in [0.05, 0.1) is 19.1 Å². The molecule has 27 heavy (non-hydrogen) atoms. The molecule has 1 N–H and O–H groups in total. The van der Waals surface area contributed by atoms with Gasteiger partial charge < -0.3 is 15.0 Å². The molecule has 1 saturated heterocycles. The molecule has 5 nitrogen and oxygen atoms in total. The quantitative estimate of drug-likeness (QED) is 0.855. The number of carbonyl (C=O) groups excluding carboxylic acids is 2. The van der Waals surface area contributed by atoms with Crippen molar-refractivity contribution in [2.24, 2.45) is 0 Å². The summed E-state index contributed by atoms with van der Waals surface area (Å²) in [5, 5.41) is 3.01. The lowest BCUT2D eigenvalue weighted by Gasteiger charge is -2.19. The fraction of sp³-hybridized carbons (Fsp3) is 0.364. The van der Waals surface area contributed by atoms with Crippen LogP contribution >= 0.6 is 0 Å². The monoisotopic (exact) mass is 366 g/mol. The molecular formula is C22H26N2O3. The molecule has 1 fully saturated rings. The Labute approximate surface area is 160 Å². The van der Waals surface area contributed by atoms with E-state index < -0.39 is 0 Å². The molecule has 1 aliphatic rings. The van der Waals surface area contributed by atoms with Crippen molar-refractivity contribution in [1.82, 2.24) is 10.2 Å². The van der Waals surface area contributed by atoms with Crippen LogP contribution in [0, 0.1) is 6.92 Å². The largest absolute Gasteiger partial charge is 0.493 e. The molecule has 2 unspecified atom stereocenters. The van der Waals surface area contributed by atoms with Crippen LogP contribution in [0.3, 0.4) is 0 Å². The molecule has 0 radical (unpaired) electrons. The van der Waals surface area contributed by atoms with E-state index in [4.69, 9.17) is 4.74 Å². The molecule has 3 rings (SSSR count). The van der Waals surface area contributed by atoms with Gasteiger partial charge in [-0.25, -0.2) is 0 Å². The second-order valence-electron chi connectivity index (χ2n) is 7.03. The lowest BCUT2D eigenvalue weighted by molar-refractivity contribution is -0.131. The fourth-order valence-electron chi connectivity index (χ4n) is 3.50. The highest BCUT2D eigenvalue weighted by atomic mass is 16.5. The highest BCUT2D eigenvalue weighted by molar-refractivity contribution is 5.78. The number of para-hydroxylation sites is 1. The van der Waals surface area contributed by atoms with Crippen LogP contribution in [0.2, 0.25) is 0 Å². The third-order valence-corrected chi connectivity index (χ3v) is 4.89. The van der Waals surface area contributed by atoms with Gasteiger partial charge >= 0.3 is 0 Å². The van der Waals surface area contributed by atoms with Crippen molar-refractivity contribution in [3.8, 4) is 5.75 Å². The molecule has 142 valence electrons. The number of benzene rings is 2. The standard InChI is InChI=1S/C22H26N2O3/c1-16-8-10-18(11-9-16)20-14-24(15-21(20)23-17(2)25)22(26)12-13-27-19-6-4-3-5-7-19/h3-11,20-21H,12-15H2,1-2H3,(H,23,25). The average Bonchev–Trinajstić information content (AvgIpc) is 3.06. The van der Waals surface area contributed by atoms with E-state index in [-0.39, 0.29) is 23.8 Å². The lowest BCUT2D eigenvalue weighted by Crippen LogP contribution is -2.39. The molecule has 2 atom stereocenters. The van der Waals surface area contributed by atoms with Crippen LogP contribution in [0.25, 0.3) is 0 Å². The summed E-state index contributed by atoms with van der Waals surface area (Å²) in [4.78, 5) is 26.1. The molecule has 0 aromatic heterocycles. The third kappa shape index (κ3) is 5.09. The molecule has 0 saturated carbocycles. The number of amides is 2. The van der Waals surface area contributed by atoms with E-state index in [0.29, 0.717) is 26.1 Å². The van der Waals surface area contributed by atoms with Gasteiger partial charge in [-0.05, 0) is 24.6 Å². The molecular weight excluding hydrogens is 340 g/mol. The highest BCUT2D eigenvalue weighted by Crippen LogP contribution is 2.28. The Morgan fingerprint density at radius 1 is 1.07 bits per heavy atom. The van der Waals surface area contributed by atoms with Crippen LogP contribution in [0.4, 0.5) is 0 Å². The minimum Gasteiger partial charge on any atom is -0.493 e. The maximum absolute atomic E-state index is 12.6. The van der Waals surface area contributed by atoms with Gasteiger partial charge in [0, 0.05) is 25.9 Å². The molecule has 1 aliphatic heterocycles. The molecule has 5 heteroatoms. The molecule has 1 heterocycles. The predicted octanol–water partition coefficient (Wildman–Crippen LogP) is 2.89. The predicted molar refractivity (Wildman–Crippen MR) is 105 cm³/mol. The summed E-state index contributed by atoms with van der Waals surface area (Å²) in [5.41, 5.74) is 2.34. The maximum atomic E-state index is 12.6. The highest BCUT2D eigenvalue weighted by Gasteiger charge is 2.36. The van der Waals surface area contributed by atoms with Crippen molar-refractivity contribution >= 4 is 11.8 Å². The summed E-state index contributed by atoms with van der Waals surface area (Å²) >= 11 is 0. The van der Waals surface area contributed by atoms with Crippen molar-refractivity contribution in [3.05, 3.63) is 65.7 Å². The van der Waals surface area contributed by atoms with Gasteiger partial charge in [-0.15, -0.1) is 0 Å². The first-order valence-electron chi connectivity index (χ1n) is 9.32. The Balaban J connectivity index is 1.61. The van der Waals surface area contributed by atoms with Gasteiger partial charge in [-0.3, -0.25) is 9.59 Å². The van der Waals surface area contributed by atoms with Gasteiger partial charge in [0.15, 0.2) is 0 Å². The summed E-state index contributed by atoms with van der Waals surface area (Å²) < 4.78 is 5.64. The maximum Gasteiger partial charge on any atom is 0.226 e. The lowest BCUT2D eigenvalue weighted by atomic mass is 9.93. The Kier molecular flexibility index (Phi) is 6.12. The van der Waals surface area contributed by atoms with E-state index >= 15 is 0 Å². The second kappa shape index (κ2) is 8.71. The fourth-order valence-corrected chi connectivity index (χ4v) is 3.50. The number of rotatable bonds is 6. The Hall–Kier alpha value is -2.82. The van der Waals surface area contributed by atoms with Crippen LogP contribution in [-0.2, 0) is 9.59 Å². The number of nitrogens with zero attached hydrogens (tertiary/aromatic N) is 1. The SMILES string of the molecule is CC(=O)NC1CN(C(=O)CCOc2ccccc2)CC1c1ccc(C)cc1. The molecule has 0 aliphatic carbocycles. The molecule has 2 amide bonds. The second-order valence-corrected chi connectivity index (χ2v) is 7.03. The first-order chi connectivity index (χ1) is 13.0. The Morgan fingerprint density at radius 2 is 1.78 bits per heavy atom. The van der Waals surface area contributed by atoms with Crippen molar-refractivity contribution in [3.63, 3.8) is 0 Å². The zero-order valence-electron chi connectivity index (χ0n) is 15.9. The Bertz CT molecular complexity index is 774. The van der Waals surface area contributed by atoms with Gasteiger partial charge in [-0.1, -0.05) is 48.0 Å². The van der Waals surface area contributed by atoms with Crippen molar-refractivity contribution in [2.45, 2.75) is 32.2 Å². The average molecular weight is 366 g/mol. The number of hydrogen-bond acceptors (Lipinski definition) is 3. The number of likely N-dealkylation sites (tertiary alicyclic amines) is 1. The minimum absolute atomic E-state index is 0.0518. The van der Waals surface area contributed by atoms with E-state index in [9.17, 15) is 9.59 Å². The summed E-state index contributed by atoms with van der Waals surface area (Å²) in [7, 11) is 0. The summed E-state index contributed by atoms with van der Waals surface area (Å²) in [6, 6.07) is 17.7. The van der Waals surface area contributed by atoms with E-state index in [1.54, 1.807) is 0 Å². The smallest absolute Gasteiger partial charge is 0.226 e. The van der Waals surface area contributed by atoms with E-state index in [1.807, 2.05) is 42.2 Å². The van der Waals surface area contributed by atoms with Gasteiger partial charge in [0.2, 0.25) is 11.8 Å². The number of nitrogens with one attached hydrogen (secondary N) is 1. The van der Waals surface area contributed by atoms with Gasteiger partial charge in [0.1, 0.15) is 5.75 Å². The first kappa shape index (κ1) is 19.0. The summed E-state index contributed by atoms with van der Waals surface area (Å²) in [6.45, 7) is 5.05. The van der Waals surface area contributed by atoms with Crippen molar-refractivity contribution < 1.29 is 14.3 Å². The van der Waals surface area contributed by atoms with Gasteiger partial charge in [-0.2, -0.15) is 0 Å². The number of hydrogen-bond donors (Lipinski definition) is 1. The van der Waals surface area contributed by atoms with Crippen molar-refractivity contribution in [2.75, 3.05) is 19.7 Å². The third-order valence-electron chi connectivity index (χ3n) is 4.89. The normalized spacial score (nSPS) is 19.0. The number of carbonyl (C=O) groups is 2. The van der Waals surface area contributed by atoms with Crippen LogP contribution in [0.5, 0.6) is 5.75 Å². The van der Waals surface area contributed by atoms with Crippen LogP contribution in [0.1, 0.15) is 30.4 Å². The molecule has 0 spiro atoms. The van der Waals surface area contributed by atoms with E-state index in [1.165, 1.54) is 12.5 Å². The Morgan fingerprint density at radius 3 is 2.44 bits per heavy atom. The molecule has 2 aromatic carbocycles. The molecule has 2 aromatic rings. The first-order valence-corrected chi connectivity index (χ1v) is 9.32. The molecule has 0 bridgehead atoms. The van der Waals surface area contributed by atoms with Gasteiger partial charge in [0.25, 0.3) is 0 Å². The number of ether oxygens (including phenoxy) is 1. The van der Waals surface area contributed by atoms with Crippen LogP contribution < -0.4 is 10.1 Å². The van der Waals surface area contributed by atoms with E-state index in [0.717, 1.165) is 11.3 Å². The summed E-state index contributed by atoms with van der Waals surface area (Å²) in [5.74, 6) is 0.851. The number of aryl methyl sites for hydroxylation is 1. The minimum atomic E-state index is -0.0705. The zero-order valence-corrected chi connectivity index (χ0v) is 15.9.